The predicted octanol–water partition coefficient (Wildman–Crippen LogP) is 4.05. The van der Waals surface area contributed by atoms with Crippen molar-refractivity contribution in [3.05, 3.63) is 53.7 Å². The van der Waals surface area contributed by atoms with Crippen LogP contribution in [-0.2, 0) is 5.88 Å². The van der Waals surface area contributed by atoms with Crippen LogP contribution in [0.2, 0.25) is 0 Å². The van der Waals surface area contributed by atoms with Gasteiger partial charge in [0.05, 0.1) is 23.5 Å². The van der Waals surface area contributed by atoms with E-state index in [0.717, 1.165) is 6.07 Å². The molecule has 0 unspecified atom stereocenters. The predicted molar refractivity (Wildman–Crippen MR) is 116 cm³/mol. The van der Waals surface area contributed by atoms with Crippen LogP contribution >= 0.6 is 11.6 Å². The molecule has 2 aromatic heterocycles. The number of ether oxygens (including phenoxy) is 1. The summed E-state index contributed by atoms with van der Waals surface area (Å²) in [6.07, 6.45) is 1.16. The smallest absolute Gasteiger partial charge is 0.250 e. The van der Waals surface area contributed by atoms with Crippen LogP contribution < -0.4 is 15.0 Å². The van der Waals surface area contributed by atoms with Crippen molar-refractivity contribution >= 4 is 23.1 Å². The van der Waals surface area contributed by atoms with E-state index in [1.54, 1.807) is 6.07 Å². The number of phenolic OH excluding ortho intramolecular Hbond substituents is 1. The van der Waals surface area contributed by atoms with Gasteiger partial charge in [-0.1, -0.05) is 6.07 Å². The summed E-state index contributed by atoms with van der Waals surface area (Å²) < 4.78 is 48.4. The molecule has 2 atom stereocenters. The molecule has 33 heavy (non-hydrogen) atoms. The monoisotopic (exact) mass is 477 g/mol. The van der Waals surface area contributed by atoms with Crippen LogP contribution in [0.25, 0.3) is 11.3 Å². The van der Waals surface area contributed by atoms with Crippen LogP contribution in [0.15, 0.2) is 36.5 Å². The number of hydrogen-bond donors (Lipinski definition) is 2. The van der Waals surface area contributed by atoms with Crippen molar-refractivity contribution in [2.45, 2.75) is 23.9 Å². The summed E-state index contributed by atoms with van der Waals surface area (Å²) in [5.41, 5.74) is 0.504. The second kappa shape index (κ2) is 8.26. The van der Waals surface area contributed by atoms with Gasteiger partial charge in [-0.25, -0.2) is 18.2 Å². The quantitative estimate of drug-likeness (QED) is 0.536. The van der Waals surface area contributed by atoms with Gasteiger partial charge in [-0.2, -0.15) is 0 Å². The maximum atomic E-state index is 14.4. The highest BCUT2D eigenvalue weighted by atomic mass is 35.5. The number of pyridine rings is 1. The molecule has 3 aromatic rings. The Morgan fingerprint density at radius 3 is 2.85 bits per heavy atom. The summed E-state index contributed by atoms with van der Waals surface area (Å²) in [4.78, 5) is 5.81. The molecule has 2 N–H and O–H groups in total. The second-order valence-corrected chi connectivity index (χ2v) is 8.40. The Labute approximate surface area is 192 Å². The van der Waals surface area contributed by atoms with Crippen molar-refractivity contribution < 1.29 is 23.0 Å². The fourth-order valence-electron chi connectivity index (χ4n) is 4.37. The SMILES string of the molecule is Oc1c(F)cccc1-c1cc2c(nn1)NC[C@@]1(CF)C[C@@H](Oc3ncc(CCl)cc3F)CN21. The maximum absolute atomic E-state index is 14.4. The lowest BCUT2D eigenvalue weighted by Crippen LogP contribution is -2.54. The number of nitrogens with zero attached hydrogens (tertiary/aromatic N) is 4. The molecular formula is C22H19ClF3N5O2. The van der Waals surface area contributed by atoms with Crippen LogP contribution in [0.4, 0.5) is 24.7 Å². The number of fused-ring (bicyclic) bond motifs is 3. The zero-order valence-corrected chi connectivity index (χ0v) is 18.0. The zero-order chi connectivity index (χ0) is 23.2. The molecule has 0 spiro atoms. The topological polar surface area (TPSA) is 83.4 Å². The highest BCUT2D eigenvalue weighted by molar-refractivity contribution is 6.17. The summed E-state index contributed by atoms with van der Waals surface area (Å²) in [5, 5.41) is 21.4. The Hall–Kier alpha value is -3.27. The molecule has 1 saturated heterocycles. The molecule has 0 amide bonds. The van der Waals surface area contributed by atoms with Gasteiger partial charge >= 0.3 is 0 Å². The van der Waals surface area contributed by atoms with Crippen molar-refractivity contribution in [3.63, 3.8) is 0 Å². The van der Waals surface area contributed by atoms with Crippen molar-refractivity contribution in [1.82, 2.24) is 15.2 Å². The number of aromatic nitrogens is 3. The molecule has 1 aromatic carbocycles. The molecule has 2 aliphatic rings. The van der Waals surface area contributed by atoms with Gasteiger partial charge in [-0.15, -0.1) is 21.8 Å². The fraction of sp³-hybridized carbons (Fsp3) is 0.318. The van der Waals surface area contributed by atoms with Gasteiger partial charge in [-0.05, 0) is 29.8 Å². The van der Waals surface area contributed by atoms with Gasteiger partial charge in [0, 0.05) is 30.6 Å². The van der Waals surface area contributed by atoms with Crippen LogP contribution in [0.3, 0.4) is 0 Å². The molecule has 1 fully saturated rings. The normalized spacial score (nSPS) is 21.3. The summed E-state index contributed by atoms with van der Waals surface area (Å²) in [6, 6.07) is 6.97. The number of aromatic hydroxyl groups is 1. The zero-order valence-electron chi connectivity index (χ0n) is 17.2. The van der Waals surface area contributed by atoms with Crippen LogP contribution in [0, 0.1) is 11.6 Å². The largest absolute Gasteiger partial charge is 0.504 e. The van der Waals surface area contributed by atoms with Gasteiger partial charge in [0.1, 0.15) is 12.8 Å². The van der Waals surface area contributed by atoms with E-state index in [2.05, 4.69) is 20.5 Å². The van der Waals surface area contributed by atoms with Crippen molar-refractivity contribution in [2.75, 3.05) is 30.0 Å². The van der Waals surface area contributed by atoms with E-state index in [1.165, 1.54) is 24.4 Å². The van der Waals surface area contributed by atoms with E-state index in [1.807, 2.05) is 4.90 Å². The number of nitrogens with one attached hydrogen (secondary N) is 1. The van der Waals surface area contributed by atoms with Crippen LogP contribution in [-0.4, -0.2) is 51.7 Å². The molecule has 0 bridgehead atoms. The maximum Gasteiger partial charge on any atom is 0.250 e. The summed E-state index contributed by atoms with van der Waals surface area (Å²) in [5.74, 6) is -1.59. The third kappa shape index (κ3) is 3.68. The minimum atomic E-state index is -0.950. The Kier molecular flexibility index (Phi) is 5.40. The van der Waals surface area contributed by atoms with Crippen molar-refractivity contribution in [1.29, 1.82) is 0 Å². The Morgan fingerprint density at radius 2 is 2.09 bits per heavy atom. The number of benzene rings is 1. The second-order valence-electron chi connectivity index (χ2n) is 8.13. The molecule has 5 rings (SSSR count). The van der Waals surface area contributed by atoms with Gasteiger partial charge in [0.2, 0.25) is 0 Å². The lowest BCUT2D eigenvalue weighted by molar-refractivity contribution is 0.186. The molecule has 4 heterocycles. The number of anilines is 2. The molecular weight excluding hydrogens is 459 g/mol. The minimum absolute atomic E-state index is 0.124. The highest BCUT2D eigenvalue weighted by Crippen LogP contribution is 2.44. The Balaban J connectivity index is 1.47. The van der Waals surface area contributed by atoms with Crippen LogP contribution in [0.5, 0.6) is 11.6 Å². The molecule has 2 aliphatic heterocycles. The average molecular weight is 478 g/mol. The van der Waals surface area contributed by atoms with Gasteiger partial charge in [0.25, 0.3) is 5.88 Å². The van der Waals surface area contributed by atoms with E-state index < -0.39 is 35.7 Å². The van der Waals surface area contributed by atoms with E-state index in [0.29, 0.717) is 17.1 Å². The summed E-state index contributed by atoms with van der Waals surface area (Å²) in [6.45, 7) is -0.197. The molecule has 0 radical (unpaired) electrons. The lowest BCUT2D eigenvalue weighted by atomic mass is 9.94. The van der Waals surface area contributed by atoms with E-state index in [4.69, 9.17) is 16.3 Å². The molecule has 7 nitrogen and oxygen atoms in total. The number of halogens is 4. The molecule has 172 valence electrons. The van der Waals surface area contributed by atoms with Crippen molar-refractivity contribution in [2.24, 2.45) is 0 Å². The first-order valence-corrected chi connectivity index (χ1v) is 10.8. The van der Waals surface area contributed by atoms with Crippen molar-refractivity contribution in [3.8, 4) is 22.9 Å². The number of rotatable bonds is 5. The number of para-hydroxylation sites is 1. The van der Waals surface area contributed by atoms with Gasteiger partial charge in [-0.3, -0.25) is 0 Å². The van der Waals surface area contributed by atoms with E-state index in [9.17, 15) is 18.3 Å². The molecule has 0 saturated carbocycles. The first-order chi connectivity index (χ1) is 15.9. The average Bonchev–Trinajstić information content (AvgIpc) is 3.21. The number of phenols is 1. The van der Waals surface area contributed by atoms with Crippen LogP contribution in [0.1, 0.15) is 12.0 Å². The standard InChI is InChI=1S/C22H19ClF3N5O2/c23-7-12-4-16(26)21(27-8-12)33-13-6-22(10-24)11-28-20-18(31(22)9-13)5-17(29-30-20)14-2-1-3-15(25)19(14)32/h1-5,8,13,32H,6-7,9-11H2,(H,28,30)/t13-,22+/m1/s1. The lowest BCUT2D eigenvalue weighted by Gasteiger charge is -2.42. The highest BCUT2D eigenvalue weighted by Gasteiger charge is 2.50. The fourth-order valence-corrected chi connectivity index (χ4v) is 4.51. The van der Waals surface area contributed by atoms with Gasteiger partial charge < -0.3 is 20.1 Å². The minimum Gasteiger partial charge on any atom is -0.504 e. The Morgan fingerprint density at radius 1 is 1.24 bits per heavy atom. The first kappa shape index (κ1) is 21.6. The molecule has 11 heteroatoms. The summed E-state index contributed by atoms with van der Waals surface area (Å²) >= 11 is 5.71. The number of hydrogen-bond acceptors (Lipinski definition) is 7. The van der Waals surface area contributed by atoms with E-state index in [-0.39, 0.29) is 42.5 Å². The summed E-state index contributed by atoms with van der Waals surface area (Å²) in [7, 11) is 0. The van der Waals surface area contributed by atoms with E-state index >= 15 is 0 Å². The first-order valence-electron chi connectivity index (χ1n) is 10.2. The Bertz CT molecular complexity index is 1220. The molecule has 0 aliphatic carbocycles. The number of alkyl halides is 2. The third-order valence-corrected chi connectivity index (χ3v) is 6.33. The van der Waals surface area contributed by atoms with Gasteiger partial charge in [0.15, 0.2) is 23.2 Å². The third-order valence-electron chi connectivity index (χ3n) is 6.02.